The van der Waals surface area contributed by atoms with E-state index < -0.39 is 29.2 Å². The molecule has 0 radical (unpaired) electrons. The van der Waals surface area contributed by atoms with Crippen molar-refractivity contribution in [2.45, 2.75) is 38.4 Å². The predicted molar refractivity (Wildman–Crippen MR) is 85.5 cm³/mol. The molecule has 4 N–H and O–H groups in total. The smallest absolute Gasteiger partial charge is 0.234 e. The molecule has 0 fully saturated rings. The topological polar surface area (TPSA) is 115 Å². The number of carbonyl (C=O) groups is 2. The minimum Gasteiger partial charge on any atom is -0.507 e. The summed E-state index contributed by atoms with van der Waals surface area (Å²) in [6.45, 7) is 2.66. The van der Waals surface area contributed by atoms with Gasteiger partial charge in [0.25, 0.3) is 0 Å². The van der Waals surface area contributed by atoms with E-state index in [1.54, 1.807) is 13.0 Å². The normalized spacial score (nSPS) is 27.8. The standard InChI is InChI=1S/C18H20O6/c1-8(7-19)13-15(21)10-3-5-11-9(14(10)17(23)16(13)22)4-6-12(20)18(11,2)24/h3,5,8,12,19-21,24H,4,6-7H2,1-2H3/t8-,12-,18+/m0/s1. The lowest BCUT2D eigenvalue weighted by molar-refractivity contribution is -0.112. The molecular weight excluding hydrogens is 312 g/mol. The molecule has 0 heterocycles. The van der Waals surface area contributed by atoms with Crippen LogP contribution in [0.15, 0.2) is 17.7 Å². The highest BCUT2D eigenvalue weighted by atomic mass is 16.3. The highest BCUT2D eigenvalue weighted by Crippen LogP contribution is 2.41. The van der Waals surface area contributed by atoms with Crippen molar-refractivity contribution in [1.82, 2.24) is 0 Å². The van der Waals surface area contributed by atoms with Gasteiger partial charge in [-0.15, -0.1) is 0 Å². The Morgan fingerprint density at radius 3 is 2.58 bits per heavy atom. The summed E-state index contributed by atoms with van der Waals surface area (Å²) in [7, 11) is 0. The van der Waals surface area contributed by atoms with Gasteiger partial charge in [-0.25, -0.2) is 0 Å². The molecule has 2 aliphatic carbocycles. The summed E-state index contributed by atoms with van der Waals surface area (Å²) in [6.07, 6.45) is -0.387. The van der Waals surface area contributed by atoms with Crippen molar-refractivity contribution in [3.63, 3.8) is 0 Å². The summed E-state index contributed by atoms with van der Waals surface area (Å²) in [5, 5.41) is 40.3. The molecule has 6 heteroatoms. The first-order valence-corrected chi connectivity index (χ1v) is 7.92. The average Bonchev–Trinajstić information content (AvgIpc) is 2.55. The molecule has 3 rings (SSSR count). The molecule has 0 aromatic heterocycles. The Morgan fingerprint density at radius 1 is 1.29 bits per heavy atom. The maximum absolute atomic E-state index is 12.6. The Labute approximate surface area is 139 Å². The number of hydrogen-bond acceptors (Lipinski definition) is 6. The largest absolute Gasteiger partial charge is 0.507 e. The van der Waals surface area contributed by atoms with Gasteiger partial charge in [-0.1, -0.05) is 19.1 Å². The summed E-state index contributed by atoms with van der Waals surface area (Å²) >= 11 is 0. The second kappa shape index (κ2) is 5.51. The number of rotatable bonds is 2. The van der Waals surface area contributed by atoms with E-state index in [0.29, 0.717) is 17.5 Å². The van der Waals surface area contributed by atoms with Gasteiger partial charge in [0.1, 0.15) is 11.4 Å². The van der Waals surface area contributed by atoms with Crippen molar-refractivity contribution in [2.75, 3.05) is 6.61 Å². The van der Waals surface area contributed by atoms with Crippen LogP contribution < -0.4 is 0 Å². The Hall–Kier alpha value is -2.02. The molecule has 24 heavy (non-hydrogen) atoms. The van der Waals surface area contributed by atoms with Gasteiger partial charge in [-0.2, -0.15) is 0 Å². The maximum Gasteiger partial charge on any atom is 0.234 e. The molecule has 0 spiro atoms. The third kappa shape index (κ3) is 2.14. The highest BCUT2D eigenvalue weighted by molar-refractivity contribution is 6.52. The molecular formula is C18H20O6. The minimum absolute atomic E-state index is 0.0856. The molecule has 0 unspecified atom stereocenters. The molecule has 1 aromatic carbocycles. The van der Waals surface area contributed by atoms with Gasteiger partial charge >= 0.3 is 0 Å². The van der Waals surface area contributed by atoms with Crippen molar-refractivity contribution < 1.29 is 30.0 Å². The van der Waals surface area contributed by atoms with Crippen molar-refractivity contribution in [2.24, 2.45) is 5.92 Å². The number of aliphatic hydroxyl groups excluding tert-OH is 3. The molecule has 3 atom stereocenters. The molecule has 0 saturated carbocycles. The zero-order chi connectivity index (χ0) is 17.8. The van der Waals surface area contributed by atoms with Crippen molar-refractivity contribution in [3.05, 3.63) is 40.0 Å². The minimum atomic E-state index is -1.52. The van der Waals surface area contributed by atoms with Crippen LogP contribution in [0.5, 0.6) is 0 Å². The van der Waals surface area contributed by atoms with Crippen LogP contribution >= 0.6 is 0 Å². The fraction of sp³-hybridized carbons (Fsp3) is 0.444. The van der Waals surface area contributed by atoms with Gasteiger partial charge in [-0.3, -0.25) is 9.59 Å². The summed E-state index contributed by atoms with van der Waals surface area (Å²) in [4.78, 5) is 25.1. The fourth-order valence-corrected chi connectivity index (χ4v) is 3.62. The lowest BCUT2D eigenvalue weighted by Crippen LogP contribution is -2.42. The summed E-state index contributed by atoms with van der Waals surface area (Å²) < 4.78 is 0. The van der Waals surface area contributed by atoms with Crippen molar-refractivity contribution >= 4 is 17.3 Å². The van der Waals surface area contributed by atoms with E-state index in [9.17, 15) is 30.0 Å². The fourth-order valence-electron chi connectivity index (χ4n) is 3.62. The molecule has 0 amide bonds. The van der Waals surface area contributed by atoms with Crippen molar-refractivity contribution in [3.8, 4) is 0 Å². The Bertz CT molecular complexity index is 774. The van der Waals surface area contributed by atoms with E-state index in [2.05, 4.69) is 0 Å². The van der Waals surface area contributed by atoms with E-state index in [0.717, 1.165) is 0 Å². The maximum atomic E-state index is 12.6. The number of aliphatic hydroxyl groups is 4. The zero-order valence-electron chi connectivity index (χ0n) is 13.5. The number of Topliss-reactive ketones (excluding diaryl/α,β-unsaturated/α-hetero) is 2. The van der Waals surface area contributed by atoms with Gasteiger partial charge < -0.3 is 20.4 Å². The quantitative estimate of drug-likeness (QED) is 0.597. The van der Waals surface area contributed by atoms with Crippen LogP contribution in [0.2, 0.25) is 0 Å². The van der Waals surface area contributed by atoms with E-state index >= 15 is 0 Å². The van der Waals surface area contributed by atoms with Crippen LogP contribution in [0.4, 0.5) is 0 Å². The van der Waals surface area contributed by atoms with Crippen LogP contribution in [0.25, 0.3) is 5.76 Å². The predicted octanol–water partition coefficient (Wildman–Crippen LogP) is 0.864. The van der Waals surface area contributed by atoms with Gasteiger partial charge in [0, 0.05) is 23.7 Å². The Kier molecular flexibility index (Phi) is 3.86. The van der Waals surface area contributed by atoms with Gasteiger partial charge in [0.2, 0.25) is 11.6 Å². The number of hydrogen-bond donors (Lipinski definition) is 4. The molecule has 6 nitrogen and oxygen atoms in total. The average molecular weight is 332 g/mol. The SMILES string of the molecule is C[C@@H](CO)C1=C(O)c2ccc3c(c2C(=O)C1=O)CC[C@H](O)[C@]3(C)O. The van der Waals surface area contributed by atoms with Crippen LogP contribution in [0.3, 0.4) is 0 Å². The molecule has 1 aromatic rings. The zero-order valence-corrected chi connectivity index (χ0v) is 13.5. The summed E-state index contributed by atoms with van der Waals surface area (Å²) in [6, 6.07) is 3.04. The number of carbonyl (C=O) groups excluding carboxylic acids is 2. The molecule has 0 saturated heterocycles. The Morgan fingerprint density at radius 2 is 1.96 bits per heavy atom. The van der Waals surface area contributed by atoms with E-state index in [-0.39, 0.29) is 35.5 Å². The van der Waals surface area contributed by atoms with Crippen molar-refractivity contribution in [1.29, 1.82) is 0 Å². The molecule has 2 aliphatic rings. The van der Waals surface area contributed by atoms with Gasteiger partial charge in [-0.05, 0) is 30.9 Å². The lowest BCUT2D eigenvalue weighted by Gasteiger charge is -2.37. The Balaban J connectivity index is 2.28. The summed E-state index contributed by atoms with van der Waals surface area (Å²) in [5.74, 6) is -2.54. The van der Waals surface area contributed by atoms with Crippen LogP contribution in [0, 0.1) is 5.92 Å². The van der Waals surface area contributed by atoms with E-state index in [1.807, 2.05) is 0 Å². The van der Waals surface area contributed by atoms with Crippen LogP contribution in [0.1, 0.15) is 47.3 Å². The number of benzene rings is 1. The number of ketones is 2. The van der Waals surface area contributed by atoms with E-state index in [1.165, 1.54) is 13.0 Å². The summed E-state index contributed by atoms with van der Waals surface area (Å²) in [5.41, 5.74) is -0.394. The van der Waals surface area contributed by atoms with E-state index in [4.69, 9.17) is 0 Å². The monoisotopic (exact) mass is 332 g/mol. The van der Waals surface area contributed by atoms with Crippen LogP contribution in [-0.4, -0.2) is 44.7 Å². The molecule has 128 valence electrons. The third-order valence-electron chi connectivity index (χ3n) is 5.13. The highest BCUT2D eigenvalue weighted by Gasteiger charge is 2.43. The first kappa shape index (κ1) is 16.8. The third-order valence-corrected chi connectivity index (χ3v) is 5.13. The lowest BCUT2D eigenvalue weighted by atomic mass is 9.72. The van der Waals surface area contributed by atoms with Crippen LogP contribution in [-0.2, 0) is 16.8 Å². The first-order chi connectivity index (χ1) is 11.2. The number of fused-ring (bicyclic) bond motifs is 3. The second-order valence-corrected chi connectivity index (χ2v) is 6.72. The molecule has 0 bridgehead atoms. The second-order valence-electron chi connectivity index (χ2n) is 6.72. The molecule has 0 aliphatic heterocycles. The van der Waals surface area contributed by atoms with Gasteiger partial charge in [0.05, 0.1) is 11.7 Å². The first-order valence-electron chi connectivity index (χ1n) is 7.92. The van der Waals surface area contributed by atoms with Gasteiger partial charge in [0.15, 0.2) is 0 Å².